The summed E-state index contributed by atoms with van der Waals surface area (Å²) >= 11 is 6.64. The van der Waals surface area contributed by atoms with Crippen molar-refractivity contribution >= 4 is 17.7 Å². The third-order valence-electron chi connectivity index (χ3n) is 6.10. The number of carbonyl (C=O) groups is 1. The van der Waals surface area contributed by atoms with Crippen LogP contribution >= 0.6 is 11.6 Å². The summed E-state index contributed by atoms with van der Waals surface area (Å²) in [5, 5.41) is 0.721. The largest absolute Gasteiger partial charge is 0.489 e. The molecule has 8 heteroatoms. The number of amides is 1. The Morgan fingerprint density at radius 3 is 2.69 bits per heavy atom. The monoisotopic (exact) mass is 458 g/mol. The van der Waals surface area contributed by atoms with Crippen molar-refractivity contribution in [1.29, 1.82) is 0 Å². The molecule has 172 valence electrons. The molecule has 0 unspecified atom stereocenters. The zero-order valence-electron chi connectivity index (χ0n) is 19.0. The highest BCUT2D eigenvalue weighted by Crippen LogP contribution is 2.36. The van der Waals surface area contributed by atoms with Gasteiger partial charge in [-0.05, 0) is 70.2 Å². The van der Waals surface area contributed by atoms with E-state index in [-0.39, 0.29) is 12.0 Å². The number of benzene rings is 1. The van der Waals surface area contributed by atoms with Gasteiger partial charge in [0.1, 0.15) is 11.6 Å². The van der Waals surface area contributed by atoms with Crippen molar-refractivity contribution in [2.45, 2.75) is 52.2 Å². The van der Waals surface area contributed by atoms with Crippen LogP contribution in [0, 0.1) is 19.8 Å². The lowest BCUT2D eigenvalue weighted by Gasteiger charge is -2.37. The van der Waals surface area contributed by atoms with Crippen LogP contribution in [-0.2, 0) is 6.54 Å². The van der Waals surface area contributed by atoms with Gasteiger partial charge in [-0.3, -0.25) is 4.90 Å². The Morgan fingerprint density at radius 2 is 1.97 bits per heavy atom. The summed E-state index contributed by atoms with van der Waals surface area (Å²) < 4.78 is 11.6. The van der Waals surface area contributed by atoms with Gasteiger partial charge in [0.05, 0.1) is 11.1 Å². The molecule has 7 nitrogen and oxygen atoms in total. The fourth-order valence-corrected chi connectivity index (χ4v) is 4.65. The summed E-state index contributed by atoms with van der Waals surface area (Å²) in [6.07, 6.45) is 4.00. The molecule has 1 saturated carbocycles. The second kappa shape index (κ2) is 10.0. The molecule has 1 aromatic carbocycles. The summed E-state index contributed by atoms with van der Waals surface area (Å²) in [5.41, 5.74) is 1.89. The first-order valence-corrected chi connectivity index (χ1v) is 11.7. The van der Waals surface area contributed by atoms with E-state index in [9.17, 15) is 4.79 Å². The number of ether oxygens (including phenoxy) is 2. The molecule has 1 aliphatic carbocycles. The lowest BCUT2D eigenvalue weighted by atomic mass is 9.82. The predicted molar refractivity (Wildman–Crippen MR) is 123 cm³/mol. The number of rotatable bonds is 7. The molecule has 2 aliphatic rings. The molecule has 0 spiro atoms. The molecule has 2 fully saturated rings. The Kier molecular flexibility index (Phi) is 7.16. The van der Waals surface area contributed by atoms with Crippen LogP contribution in [0.5, 0.6) is 11.6 Å². The Labute approximate surface area is 194 Å². The van der Waals surface area contributed by atoms with E-state index in [0.29, 0.717) is 18.3 Å². The molecule has 1 saturated heterocycles. The molecule has 32 heavy (non-hydrogen) atoms. The number of carbonyl (C=O) groups excluding carboxylic acids is 1. The average molecular weight is 459 g/mol. The van der Waals surface area contributed by atoms with Crippen LogP contribution in [-0.4, -0.2) is 58.6 Å². The number of likely N-dealkylation sites (tertiary alicyclic amines) is 1. The van der Waals surface area contributed by atoms with E-state index in [2.05, 4.69) is 20.9 Å². The van der Waals surface area contributed by atoms with Crippen LogP contribution < -0.4 is 9.47 Å². The van der Waals surface area contributed by atoms with Crippen LogP contribution in [0.15, 0.2) is 24.3 Å². The van der Waals surface area contributed by atoms with Crippen LogP contribution in [0.1, 0.15) is 42.8 Å². The molecule has 1 aromatic heterocycles. The van der Waals surface area contributed by atoms with Crippen LogP contribution in [0.4, 0.5) is 4.79 Å². The number of hydrogen-bond acceptors (Lipinski definition) is 6. The van der Waals surface area contributed by atoms with Gasteiger partial charge in [-0.1, -0.05) is 23.7 Å². The van der Waals surface area contributed by atoms with Gasteiger partial charge in [-0.25, -0.2) is 9.78 Å². The molecule has 0 N–H and O–H groups in total. The normalized spacial score (nSPS) is 20.6. The number of aryl methyl sites for hydroxylation is 2. The maximum absolute atomic E-state index is 12.4. The van der Waals surface area contributed by atoms with Crippen molar-refractivity contribution in [3.63, 3.8) is 0 Å². The number of hydrogen-bond donors (Lipinski definition) is 0. The fraction of sp³-hybridized carbons (Fsp3) is 0.542. The Hall–Kier alpha value is -2.38. The minimum atomic E-state index is -0.412. The number of nitrogens with zero attached hydrogens (tertiary/aromatic N) is 4. The minimum Gasteiger partial charge on any atom is -0.489 e. The van der Waals surface area contributed by atoms with Crippen molar-refractivity contribution in [3.05, 3.63) is 46.4 Å². The maximum atomic E-state index is 12.4. The van der Waals surface area contributed by atoms with E-state index >= 15 is 0 Å². The first kappa shape index (κ1) is 22.8. The third kappa shape index (κ3) is 5.70. The van der Waals surface area contributed by atoms with Crippen LogP contribution in [0.3, 0.4) is 0 Å². The highest BCUT2D eigenvalue weighted by molar-refractivity contribution is 6.32. The van der Waals surface area contributed by atoms with Crippen molar-refractivity contribution < 1.29 is 14.3 Å². The summed E-state index contributed by atoms with van der Waals surface area (Å²) in [7, 11) is 1.75. The lowest BCUT2D eigenvalue weighted by Crippen LogP contribution is -2.42. The van der Waals surface area contributed by atoms with E-state index in [4.69, 9.17) is 21.1 Å². The average Bonchev–Trinajstić information content (AvgIpc) is 3.21. The van der Waals surface area contributed by atoms with Crippen molar-refractivity contribution in [3.8, 4) is 11.6 Å². The third-order valence-corrected chi connectivity index (χ3v) is 6.53. The Bertz CT molecular complexity index is 938. The SMILES string of the molecule is Cc1cc(OC(=O)N(C)CC2CC(Oc3cccc(CN4CCCC4)c3Cl)C2)nc(C)n1. The molecule has 0 radical (unpaired) electrons. The highest BCUT2D eigenvalue weighted by Gasteiger charge is 2.33. The minimum absolute atomic E-state index is 0.121. The molecule has 1 aliphatic heterocycles. The van der Waals surface area contributed by atoms with E-state index in [1.807, 2.05) is 19.1 Å². The zero-order chi connectivity index (χ0) is 22.7. The Balaban J connectivity index is 1.24. The smallest absolute Gasteiger partial charge is 0.416 e. The van der Waals surface area contributed by atoms with Crippen LogP contribution in [0.25, 0.3) is 0 Å². The van der Waals surface area contributed by atoms with Gasteiger partial charge < -0.3 is 14.4 Å². The van der Waals surface area contributed by atoms with E-state index < -0.39 is 6.09 Å². The summed E-state index contributed by atoms with van der Waals surface area (Å²) in [6, 6.07) is 7.70. The van der Waals surface area contributed by atoms with Crippen molar-refractivity contribution in [2.75, 3.05) is 26.7 Å². The van der Waals surface area contributed by atoms with E-state index in [1.165, 1.54) is 12.8 Å². The summed E-state index contributed by atoms with van der Waals surface area (Å²) in [4.78, 5) is 24.8. The summed E-state index contributed by atoms with van der Waals surface area (Å²) in [5.74, 6) is 2.00. The standard InChI is InChI=1S/C24H31ClN4O3/c1-16-11-22(27-17(2)26-16)32-24(30)28(3)14-18-12-20(13-18)31-21-8-6-7-19(23(21)25)15-29-9-4-5-10-29/h6-8,11,18,20H,4-5,9-10,12-15H2,1-3H3. The van der Waals surface area contributed by atoms with Gasteiger partial charge in [-0.15, -0.1) is 0 Å². The number of halogens is 1. The van der Waals surface area contributed by atoms with Crippen molar-refractivity contribution in [1.82, 2.24) is 19.8 Å². The topological polar surface area (TPSA) is 67.8 Å². The van der Waals surface area contributed by atoms with Crippen LogP contribution in [0.2, 0.25) is 5.02 Å². The highest BCUT2D eigenvalue weighted by atomic mass is 35.5. The molecule has 0 atom stereocenters. The van der Waals surface area contributed by atoms with E-state index in [0.717, 1.165) is 54.5 Å². The van der Waals surface area contributed by atoms with Gasteiger partial charge in [-0.2, -0.15) is 4.98 Å². The second-order valence-electron chi connectivity index (χ2n) is 8.93. The maximum Gasteiger partial charge on any atom is 0.416 e. The van der Waals surface area contributed by atoms with Gasteiger partial charge >= 0.3 is 6.09 Å². The first-order chi connectivity index (χ1) is 15.4. The van der Waals surface area contributed by atoms with Gasteiger partial charge in [0.2, 0.25) is 5.88 Å². The number of aromatic nitrogens is 2. The van der Waals surface area contributed by atoms with Crippen molar-refractivity contribution in [2.24, 2.45) is 5.92 Å². The molecular formula is C24H31ClN4O3. The van der Waals surface area contributed by atoms with Gasteiger partial charge in [0.15, 0.2) is 0 Å². The molecule has 2 heterocycles. The Morgan fingerprint density at radius 1 is 1.22 bits per heavy atom. The zero-order valence-corrected chi connectivity index (χ0v) is 19.8. The fourth-order valence-electron chi connectivity index (χ4n) is 4.41. The lowest BCUT2D eigenvalue weighted by molar-refractivity contribution is 0.0482. The quantitative estimate of drug-likeness (QED) is 0.602. The molecule has 0 bridgehead atoms. The molecular weight excluding hydrogens is 428 g/mol. The molecule has 2 aromatic rings. The van der Waals surface area contributed by atoms with E-state index in [1.54, 1.807) is 24.9 Å². The van der Waals surface area contributed by atoms with Gasteiger partial charge in [0, 0.05) is 31.9 Å². The molecule has 1 amide bonds. The first-order valence-electron chi connectivity index (χ1n) is 11.3. The van der Waals surface area contributed by atoms with Gasteiger partial charge in [0.25, 0.3) is 0 Å². The second-order valence-corrected chi connectivity index (χ2v) is 9.31. The predicted octanol–water partition coefficient (Wildman–Crippen LogP) is 4.63. The summed E-state index contributed by atoms with van der Waals surface area (Å²) in [6.45, 7) is 7.39. The molecule has 4 rings (SSSR count).